The molecule has 0 bridgehead atoms. The van der Waals surface area contributed by atoms with Gasteiger partial charge in [0.25, 0.3) is 0 Å². The summed E-state index contributed by atoms with van der Waals surface area (Å²) in [6.07, 6.45) is 4.80. The molecule has 0 aliphatic heterocycles. The van der Waals surface area contributed by atoms with E-state index in [0.717, 1.165) is 0 Å². The smallest absolute Gasteiger partial charge is 0.0680 e. The monoisotopic (exact) mass is 139 g/mol. The van der Waals surface area contributed by atoms with Gasteiger partial charge in [0.15, 0.2) is 0 Å². The summed E-state index contributed by atoms with van der Waals surface area (Å²) in [4.78, 5) is 0. The summed E-state index contributed by atoms with van der Waals surface area (Å²) < 4.78 is 5.50. The van der Waals surface area contributed by atoms with E-state index in [-0.39, 0.29) is 6.10 Å². The number of rotatable bonds is 3. The molecule has 1 fully saturated rings. The third-order valence-electron chi connectivity index (χ3n) is 1.86. The maximum absolute atomic E-state index is 8.31. The van der Waals surface area contributed by atoms with Crippen molar-refractivity contribution in [3.8, 4) is 6.07 Å². The van der Waals surface area contributed by atoms with Gasteiger partial charge in [-0.1, -0.05) is 0 Å². The van der Waals surface area contributed by atoms with Crippen LogP contribution >= 0.6 is 0 Å². The van der Waals surface area contributed by atoms with Crippen LogP contribution in [0, 0.1) is 11.3 Å². The average molecular weight is 139 g/mol. The van der Waals surface area contributed by atoms with Gasteiger partial charge in [-0.3, -0.25) is 0 Å². The molecule has 1 saturated carbocycles. The highest BCUT2D eigenvalue weighted by Crippen LogP contribution is 2.23. The largest absolute Gasteiger partial charge is 0.374 e. The second-order valence-electron chi connectivity index (χ2n) is 2.86. The summed E-state index contributed by atoms with van der Waals surface area (Å²) in [6, 6.07) is 2.10. The number of nitrogens with zero attached hydrogens (tertiary/aromatic N) is 1. The molecular formula is C8H13NO. The van der Waals surface area contributed by atoms with Crippen LogP contribution < -0.4 is 0 Å². The fourth-order valence-corrected chi connectivity index (χ4v) is 1.01. The molecule has 0 heterocycles. The molecule has 2 heteroatoms. The molecule has 2 nitrogen and oxygen atoms in total. The molecule has 0 radical (unpaired) electrons. The summed E-state index contributed by atoms with van der Waals surface area (Å²) >= 11 is 0. The van der Waals surface area contributed by atoms with E-state index in [1.54, 1.807) is 0 Å². The van der Waals surface area contributed by atoms with Crippen molar-refractivity contribution in [2.45, 2.75) is 44.8 Å². The predicted octanol–water partition coefficient (Wildman–Crippen LogP) is 1.86. The Hall–Kier alpha value is -0.550. The quantitative estimate of drug-likeness (QED) is 0.597. The zero-order chi connectivity index (χ0) is 7.40. The van der Waals surface area contributed by atoms with Crippen LogP contribution in [0.2, 0.25) is 0 Å². The highest BCUT2D eigenvalue weighted by Gasteiger charge is 2.19. The van der Waals surface area contributed by atoms with Crippen molar-refractivity contribution in [2.24, 2.45) is 0 Å². The van der Waals surface area contributed by atoms with Crippen LogP contribution in [0.15, 0.2) is 0 Å². The Kier molecular flexibility index (Phi) is 2.70. The minimum atomic E-state index is 0.135. The Labute approximate surface area is 61.8 Å². The lowest BCUT2D eigenvalue weighted by atomic mass is 9.96. The SMILES string of the molecule is CC(CC#N)OC1CCC1. The third kappa shape index (κ3) is 2.00. The van der Waals surface area contributed by atoms with Crippen molar-refractivity contribution >= 4 is 0 Å². The molecule has 10 heavy (non-hydrogen) atoms. The lowest BCUT2D eigenvalue weighted by Crippen LogP contribution is -2.25. The second-order valence-corrected chi connectivity index (χ2v) is 2.86. The molecule has 0 amide bonds. The van der Waals surface area contributed by atoms with E-state index in [1.807, 2.05) is 6.92 Å². The van der Waals surface area contributed by atoms with Crippen LogP contribution in [-0.2, 0) is 4.74 Å². The van der Waals surface area contributed by atoms with Crippen molar-refractivity contribution in [2.75, 3.05) is 0 Å². The fraction of sp³-hybridized carbons (Fsp3) is 0.875. The first-order valence-electron chi connectivity index (χ1n) is 3.85. The lowest BCUT2D eigenvalue weighted by molar-refractivity contribution is -0.0406. The predicted molar refractivity (Wildman–Crippen MR) is 38.4 cm³/mol. The third-order valence-corrected chi connectivity index (χ3v) is 1.86. The molecule has 1 aliphatic carbocycles. The topological polar surface area (TPSA) is 33.0 Å². The summed E-state index contributed by atoms with van der Waals surface area (Å²) in [5, 5.41) is 8.31. The van der Waals surface area contributed by atoms with E-state index in [4.69, 9.17) is 10.00 Å². The van der Waals surface area contributed by atoms with Gasteiger partial charge in [-0.15, -0.1) is 0 Å². The van der Waals surface area contributed by atoms with E-state index < -0.39 is 0 Å². The van der Waals surface area contributed by atoms with Crippen molar-refractivity contribution in [1.29, 1.82) is 5.26 Å². The molecule has 1 aliphatic rings. The van der Waals surface area contributed by atoms with Crippen LogP contribution in [0.5, 0.6) is 0 Å². The molecule has 1 rings (SSSR count). The van der Waals surface area contributed by atoms with Gasteiger partial charge in [0.2, 0.25) is 0 Å². The fourth-order valence-electron chi connectivity index (χ4n) is 1.01. The van der Waals surface area contributed by atoms with Crippen LogP contribution in [-0.4, -0.2) is 12.2 Å². The van der Waals surface area contributed by atoms with Crippen molar-refractivity contribution in [3.63, 3.8) is 0 Å². The van der Waals surface area contributed by atoms with Crippen LogP contribution in [0.3, 0.4) is 0 Å². The Bertz CT molecular complexity index is 135. The minimum absolute atomic E-state index is 0.135. The number of ether oxygens (including phenoxy) is 1. The number of hydrogen-bond acceptors (Lipinski definition) is 2. The Morgan fingerprint density at radius 1 is 1.70 bits per heavy atom. The average Bonchev–Trinajstić information content (AvgIpc) is 1.80. The van der Waals surface area contributed by atoms with Gasteiger partial charge in [0.05, 0.1) is 24.7 Å². The minimum Gasteiger partial charge on any atom is -0.374 e. The van der Waals surface area contributed by atoms with Crippen LogP contribution in [0.4, 0.5) is 0 Å². The van der Waals surface area contributed by atoms with E-state index in [2.05, 4.69) is 6.07 Å². The van der Waals surface area contributed by atoms with Gasteiger partial charge in [-0.25, -0.2) is 0 Å². The van der Waals surface area contributed by atoms with Gasteiger partial charge in [-0.2, -0.15) is 5.26 Å². The standard InChI is InChI=1S/C8H13NO/c1-7(5-6-9)10-8-3-2-4-8/h7-8H,2-5H2,1H3. The zero-order valence-electron chi connectivity index (χ0n) is 6.34. The maximum Gasteiger partial charge on any atom is 0.0680 e. The molecule has 0 saturated heterocycles. The zero-order valence-corrected chi connectivity index (χ0v) is 6.34. The Balaban J connectivity index is 2.06. The molecule has 0 spiro atoms. The summed E-state index contributed by atoms with van der Waals surface area (Å²) in [6.45, 7) is 1.96. The maximum atomic E-state index is 8.31. The molecule has 1 unspecified atom stereocenters. The first-order chi connectivity index (χ1) is 4.83. The van der Waals surface area contributed by atoms with Gasteiger partial charge in [0, 0.05) is 0 Å². The summed E-state index contributed by atoms with van der Waals surface area (Å²) in [5.41, 5.74) is 0. The van der Waals surface area contributed by atoms with Gasteiger partial charge < -0.3 is 4.74 Å². The van der Waals surface area contributed by atoms with Gasteiger partial charge in [-0.05, 0) is 26.2 Å². The first kappa shape index (κ1) is 7.56. The summed E-state index contributed by atoms with van der Waals surface area (Å²) in [7, 11) is 0. The molecule has 0 aromatic rings. The second kappa shape index (κ2) is 3.58. The van der Waals surface area contributed by atoms with E-state index in [0.29, 0.717) is 12.5 Å². The van der Waals surface area contributed by atoms with Gasteiger partial charge in [0.1, 0.15) is 0 Å². The first-order valence-corrected chi connectivity index (χ1v) is 3.85. The van der Waals surface area contributed by atoms with Crippen molar-refractivity contribution in [3.05, 3.63) is 0 Å². The molecule has 0 aromatic heterocycles. The van der Waals surface area contributed by atoms with Crippen LogP contribution in [0.1, 0.15) is 32.6 Å². The number of nitriles is 1. The van der Waals surface area contributed by atoms with Gasteiger partial charge >= 0.3 is 0 Å². The molecule has 1 atom stereocenters. The molecular weight excluding hydrogens is 126 g/mol. The molecule has 56 valence electrons. The van der Waals surface area contributed by atoms with E-state index in [1.165, 1.54) is 19.3 Å². The molecule has 0 aromatic carbocycles. The van der Waals surface area contributed by atoms with E-state index in [9.17, 15) is 0 Å². The Morgan fingerprint density at radius 3 is 2.80 bits per heavy atom. The number of hydrogen-bond donors (Lipinski definition) is 0. The highest BCUT2D eigenvalue weighted by molar-refractivity contribution is 4.76. The van der Waals surface area contributed by atoms with Crippen LogP contribution in [0.25, 0.3) is 0 Å². The lowest BCUT2D eigenvalue weighted by Gasteiger charge is -2.28. The van der Waals surface area contributed by atoms with E-state index >= 15 is 0 Å². The normalized spacial score (nSPS) is 21.2. The van der Waals surface area contributed by atoms with Crippen molar-refractivity contribution in [1.82, 2.24) is 0 Å². The Morgan fingerprint density at radius 2 is 2.40 bits per heavy atom. The highest BCUT2D eigenvalue weighted by atomic mass is 16.5. The molecule has 0 N–H and O–H groups in total. The summed E-state index contributed by atoms with van der Waals surface area (Å²) in [5.74, 6) is 0. The van der Waals surface area contributed by atoms with Crippen molar-refractivity contribution < 1.29 is 4.74 Å².